The quantitative estimate of drug-likeness (QED) is 0.781. The lowest BCUT2D eigenvalue weighted by molar-refractivity contribution is -0.138. The average molecular weight is 254 g/mol. The van der Waals surface area contributed by atoms with Crippen molar-refractivity contribution < 1.29 is 9.59 Å². The fraction of sp³-hybridized carbons (Fsp3) is 0.600. The molecule has 1 N–H and O–H groups in total. The Morgan fingerprint density at radius 3 is 2.65 bits per heavy atom. The molecule has 1 aromatic rings. The van der Waals surface area contributed by atoms with Crippen LogP contribution in [0.15, 0.2) is 0 Å². The molecule has 1 aliphatic heterocycles. The van der Waals surface area contributed by atoms with Gasteiger partial charge in [-0.25, -0.2) is 4.98 Å². The Balaban J connectivity index is 1.79. The van der Waals surface area contributed by atoms with Crippen molar-refractivity contribution in [3.63, 3.8) is 0 Å². The molecule has 0 unspecified atom stereocenters. The number of hydrogen-bond acceptors (Lipinski definition) is 6. The second kappa shape index (κ2) is 5.22. The van der Waals surface area contributed by atoms with Crippen LogP contribution in [0.3, 0.4) is 0 Å². The predicted octanol–water partition coefficient (Wildman–Crippen LogP) is 0.661. The molecule has 0 radical (unpaired) electrons. The monoisotopic (exact) mass is 254 g/mol. The van der Waals surface area contributed by atoms with Crippen molar-refractivity contribution in [2.45, 2.75) is 26.2 Å². The lowest BCUT2D eigenvalue weighted by Crippen LogP contribution is -2.33. The number of amides is 2. The van der Waals surface area contributed by atoms with Gasteiger partial charge in [0.05, 0.1) is 0 Å². The summed E-state index contributed by atoms with van der Waals surface area (Å²) in [6.07, 6.45) is 1.50. The highest BCUT2D eigenvalue weighted by molar-refractivity contribution is 7.09. The van der Waals surface area contributed by atoms with E-state index in [1.807, 2.05) is 6.92 Å². The third-order valence-electron chi connectivity index (χ3n) is 2.55. The number of anilines is 1. The average Bonchev–Trinajstić information content (AvgIpc) is 2.90. The van der Waals surface area contributed by atoms with Gasteiger partial charge in [-0.05, 0) is 0 Å². The number of aromatic nitrogens is 2. The molecule has 0 atom stereocenters. The Bertz CT molecular complexity index is 416. The summed E-state index contributed by atoms with van der Waals surface area (Å²) < 4.78 is 4.14. The van der Waals surface area contributed by atoms with Gasteiger partial charge in [-0.15, -0.1) is 0 Å². The van der Waals surface area contributed by atoms with Crippen molar-refractivity contribution in [1.82, 2.24) is 14.3 Å². The zero-order chi connectivity index (χ0) is 12.3. The van der Waals surface area contributed by atoms with Crippen molar-refractivity contribution in [3.05, 3.63) is 5.82 Å². The Morgan fingerprint density at radius 2 is 2.06 bits per heavy atom. The van der Waals surface area contributed by atoms with Crippen LogP contribution >= 0.6 is 11.5 Å². The van der Waals surface area contributed by atoms with Gasteiger partial charge in [0.2, 0.25) is 16.9 Å². The number of rotatable bonds is 5. The molecule has 0 saturated carbocycles. The summed E-state index contributed by atoms with van der Waals surface area (Å²) in [4.78, 5) is 28.2. The summed E-state index contributed by atoms with van der Waals surface area (Å²) in [6.45, 7) is 2.92. The van der Waals surface area contributed by atoms with Gasteiger partial charge in [-0.1, -0.05) is 6.92 Å². The highest BCUT2D eigenvalue weighted by Gasteiger charge is 2.27. The van der Waals surface area contributed by atoms with Crippen LogP contribution < -0.4 is 5.32 Å². The zero-order valence-corrected chi connectivity index (χ0v) is 10.4. The molecule has 0 spiro atoms. The summed E-state index contributed by atoms with van der Waals surface area (Å²) in [5.41, 5.74) is 0. The van der Waals surface area contributed by atoms with E-state index in [9.17, 15) is 9.59 Å². The summed E-state index contributed by atoms with van der Waals surface area (Å²) in [6, 6.07) is 0. The molecule has 1 fully saturated rings. The van der Waals surface area contributed by atoms with Crippen LogP contribution in [0.5, 0.6) is 0 Å². The van der Waals surface area contributed by atoms with Gasteiger partial charge in [0, 0.05) is 43.9 Å². The molecule has 0 aromatic carbocycles. The number of carbonyl (C=O) groups is 2. The first kappa shape index (κ1) is 12.0. The highest BCUT2D eigenvalue weighted by atomic mass is 32.1. The number of nitrogens with one attached hydrogen (secondary N) is 1. The Labute approximate surface area is 103 Å². The first-order valence-corrected chi connectivity index (χ1v) is 6.37. The first-order chi connectivity index (χ1) is 8.20. The summed E-state index contributed by atoms with van der Waals surface area (Å²) in [5.74, 6) is 0.650. The zero-order valence-electron chi connectivity index (χ0n) is 9.60. The molecule has 92 valence electrons. The van der Waals surface area contributed by atoms with Crippen molar-refractivity contribution in [2.75, 3.05) is 18.4 Å². The van der Waals surface area contributed by atoms with Gasteiger partial charge in [-0.2, -0.15) is 4.37 Å². The summed E-state index contributed by atoms with van der Waals surface area (Å²) in [5, 5.41) is 3.80. The van der Waals surface area contributed by atoms with E-state index in [2.05, 4.69) is 14.7 Å². The number of imide groups is 1. The summed E-state index contributed by atoms with van der Waals surface area (Å²) in [7, 11) is 0. The van der Waals surface area contributed by atoms with E-state index in [-0.39, 0.29) is 11.8 Å². The smallest absolute Gasteiger partial charge is 0.229 e. The topological polar surface area (TPSA) is 75.2 Å². The molecular formula is C10H14N4O2S. The van der Waals surface area contributed by atoms with Crippen LogP contribution in [0.25, 0.3) is 0 Å². The number of likely N-dealkylation sites (tertiary alicyclic amines) is 1. The van der Waals surface area contributed by atoms with E-state index < -0.39 is 0 Å². The van der Waals surface area contributed by atoms with Crippen LogP contribution in [-0.2, 0) is 16.0 Å². The van der Waals surface area contributed by atoms with Crippen LogP contribution in [0, 0.1) is 0 Å². The Hall–Kier alpha value is -1.50. The van der Waals surface area contributed by atoms with Crippen LogP contribution in [0.1, 0.15) is 25.6 Å². The van der Waals surface area contributed by atoms with E-state index in [1.165, 1.54) is 16.4 Å². The standard InChI is InChI=1S/C10H14N4O2S/c1-2-7-12-10(17-13-7)11-5-6-14-8(15)3-4-9(14)16/h2-6H2,1H3,(H,11,12,13). The minimum Gasteiger partial charge on any atom is -0.358 e. The maximum absolute atomic E-state index is 11.3. The number of nitrogens with zero attached hydrogens (tertiary/aromatic N) is 3. The SMILES string of the molecule is CCc1nsc(NCCN2C(=O)CCC2=O)n1. The Morgan fingerprint density at radius 1 is 1.35 bits per heavy atom. The predicted molar refractivity (Wildman–Crippen MR) is 63.7 cm³/mol. The van der Waals surface area contributed by atoms with E-state index in [4.69, 9.17) is 0 Å². The molecule has 2 rings (SSSR count). The molecule has 2 heterocycles. The maximum atomic E-state index is 11.3. The van der Waals surface area contributed by atoms with Crippen LogP contribution in [-0.4, -0.2) is 39.2 Å². The second-order valence-electron chi connectivity index (χ2n) is 3.74. The normalized spacial score (nSPS) is 15.7. The van der Waals surface area contributed by atoms with Crippen molar-refractivity contribution in [1.29, 1.82) is 0 Å². The third-order valence-corrected chi connectivity index (χ3v) is 3.26. The van der Waals surface area contributed by atoms with E-state index >= 15 is 0 Å². The number of carbonyl (C=O) groups excluding carboxylic acids is 2. The van der Waals surface area contributed by atoms with Gasteiger partial charge in [0.25, 0.3) is 0 Å². The highest BCUT2D eigenvalue weighted by Crippen LogP contribution is 2.13. The molecule has 1 saturated heterocycles. The minimum absolute atomic E-state index is 0.0803. The fourth-order valence-corrected chi connectivity index (χ4v) is 2.29. The molecule has 2 amide bonds. The van der Waals surface area contributed by atoms with Gasteiger partial charge >= 0.3 is 0 Å². The van der Waals surface area contributed by atoms with Crippen molar-refractivity contribution in [2.24, 2.45) is 0 Å². The summed E-state index contributed by atoms with van der Waals surface area (Å²) >= 11 is 1.30. The fourth-order valence-electron chi connectivity index (χ4n) is 1.62. The van der Waals surface area contributed by atoms with Gasteiger partial charge in [0.1, 0.15) is 5.82 Å². The van der Waals surface area contributed by atoms with Crippen LogP contribution in [0.4, 0.5) is 5.13 Å². The molecular weight excluding hydrogens is 240 g/mol. The van der Waals surface area contributed by atoms with Crippen molar-refractivity contribution >= 4 is 28.5 Å². The maximum Gasteiger partial charge on any atom is 0.229 e. The van der Waals surface area contributed by atoms with Gasteiger partial charge < -0.3 is 5.32 Å². The lowest BCUT2D eigenvalue weighted by atomic mass is 10.4. The van der Waals surface area contributed by atoms with E-state index in [0.29, 0.717) is 25.9 Å². The number of hydrogen-bond donors (Lipinski definition) is 1. The second-order valence-corrected chi connectivity index (χ2v) is 4.49. The Kier molecular flexibility index (Phi) is 3.68. The van der Waals surface area contributed by atoms with Gasteiger partial charge in [-0.3, -0.25) is 14.5 Å². The molecule has 7 heteroatoms. The number of aryl methyl sites for hydroxylation is 1. The largest absolute Gasteiger partial charge is 0.358 e. The molecule has 1 aromatic heterocycles. The first-order valence-electron chi connectivity index (χ1n) is 5.60. The lowest BCUT2D eigenvalue weighted by Gasteiger charge is -2.13. The molecule has 0 aliphatic carbocycles. The molecule has 17 heavy (non-hydrogen) atoms. The molecule has 6 nitrogen and oxygen atoms in total. The third kappa shape index (κ3) is 2.79. The van der Waals surface area contributed by atoms with Crippen molar-refractivity contribution in [3.8, 4) is 0 Å². The van der Waals surface area contributed by atoms with Crippen LogP contribution in [0.2, 0.25) is 0 Å². The van der Waals surface area contributed by atoms with Gasteiger partial charge in [0.15, 0.2) is 0 Å². The van der Waals surface area contributed by atoms with E-state index in [0.717, 1.165) is 17.4 Å². The molecule has 0 bridgehead atoms. The minimum atomic E-state index is -0.0803. The van der Waals surface area contributed by atoms with E-state index in [1.54, 1.807) is 0 Å². The molecule has 1 aliphatic rings.